The van der Waals surface area contributed by atoms with E-state index in [1.54, 1.807) is 0 Å². The van der Waals surface area contributed by atoms with E-state index in [9.17, 15) is 9.59 Å². The summed E-state index contributed by atoms with van der Waals surface area (Å²) in [5.41, 5.74) is 0.994. The summed E-state index contributed by atoms with van der Waals surface area (Å²) in [4.78, 5) is 25.9. The van der Waals surface area contributed by atoms with E-state index < -0.39 is 0 Å². The first-order valence-corrected chi connectivity index (χ1v) is 8.34. The van der Waals surface area contributed by atoms with Gasteiger partial charge >= 0.3 is 6.03 Å². The van der Waals surface area contributed by atoms with Crippen LogP contribution in [-0.4, -0.2) is 36.0 Å². The van der Waals surface area contributed by atoms with Gasteiger partial charge in [0.15, 0.2) is 0 Å². The smallest absolute Gasteiger partial charge is 0.315 e. The Balaban J connectivity index is 1.44. The summed E-state index contributed by atoms with van der Waals surface area (Å²) in [6.45, 7) is 7.04. The van der Waals surface area contributed by atoms with E-state index >= 15 is 0 Å². The second kappa shape index (κ2) is 6.26. The van der Waals surface area contributed by atoms with Crippen LogP contribution in [0, 0.1) is 19.8 Å². The molecular formula is C17H25N3O3. The first-order valence-electron chi connectivity index (χ1n) is 8.34. The molecule has 0 bridgehead atoms. The third-order valence-electron chi connectivity index (χ3n) is 4.67. The van der Waals surface area contributed by atoms with Gasteiger partial charge in [-0.25, -0.2) is 4.79 Å². The molecule has 2 N–H and O–H groups in total. The molecule has 1 saturated heterocycles. The zero-order valence-electron chi connectivity index (χ0n) is 14.0. The van der Waals surface area contributed by atoms with Gasteiger partial charge in [0.05, 0.1) is 6.04 Å². The third-order valence-corrected chi connectivity index (χ3v) is 4.67. The highest BCUT2D eigenvalue weighted by Gasteiger charge is 2.39. The molecule has 1 aliphatic heterocycles. The van der Waals surface area contributed by atoms with E-state index in [2.05, 4.69) is 10.6 Å². The van der Waals surface area contributed by atoms with Crippen LogP contribution in [0.1, 0.15) is 49.3 Å². The first kappa shape index (κ1) is 15.9. The molecule has 0 spiro atoms. The molecule has 126 valence electrons. The van der Waals surface area contributed by atoms with E-state index in [0.717, 1.165) is 36.5 Å². The molecule has 23 heavy (non-hydrogen) atoms. The number of hydrogen-bond donors (Lipinski definition) is 2. The molecule has 6 nitrogen and oxygen atoms in total. The van der Waals surface area contributed by atoms with Gasteiger partial charge in [0.25, 0.3) is 0 Å². The average Bonchev–Trinajstić information content (AvgIpc) is 3.17. The number of hydrogen-bond acceptors (Lipinski definition) is 3. The SMILES string of the molecule is Cc1cc(C(C)NC(=O)NCC2CC(=O)N(C3CC3)C2)c(C)o1. The Bertz CT molecular complexity index is 606. The summed E-state index contributed by atoms with van der Waals surface area (Å²) in [5.74, 6) is 2.13. The van der Waals surface area contributed by atoms with E-state index in [-0.39, 0.29) is 23.9 Å². The van der Waals surface area contributed by atoms with Gasteiger partial charge in [-0.3, -0.25) is 4.79 Å². The molecule has 1 aromatic rings. The van der Waals surface area contributed by atoms with Crippen molar-refractivity contribution in [2.24, 2.45) is 5.92 Å². The summed E-state index contributed by atoms with van der Waals surface area (Å²) in [5, 5.41) is 5.82. The number of carbonyl (C=O) groups excluding carboxylic acids is 2. The van der Waals surface area contributed by atoms with Crippen LogP contribution in [0.25, 0.3) is 0 Å². The van der Waals surface area contributed by atoms with Gasteiger partial charge in [0, 0.05) is 37.0 Å². The zero-order valence-corrected chi connectivity index (χ0v) is 14.0. The Hall–Kier alpha value is -1.98. The van der Waals surface area contributed by atoms with Crippen molar-refractivity contribution in [1.29, 1.82) is 0 Å². The van der Waals surface area contributed by atoms with Crippen molar-refractivity contribution >= 4 is 11.9 Å². The van der Waals surface area contributed by atoms with Crippen molar-refractivity contribution in [3.8, 4) is 0 Å². The fourth-order valence-electron chi connectivity index (χ4n) is 3.33. The molecule has 0 radical (unpaired) electrons. The maximum atomic E-state index is 12.1. The highest BCUT2D eigenvalue weighted by molar-refractivity contribution is 5.79. The minimum Gasteiger partial charge on any atom is -0.466 e. The van der Waals surface area contributed by atoms with Crippen LogP contribution in [0.3, 0.4) is 0 Å². The van der Waals surface area contributed by atoms with Crippen molar-refractivity contribution in [1.82, 2.24) is 15.5 Å². The summed E-state index contributed by atoms with van der Waals surface area (Å²) in [6, 6.07) is 2.10. The maximum Gasteiger partial charge on any atom is 0.315 e. The van der Waals surface area contributed by atoms with Crippen molar-refractivity contribution in [3.05, 3.63) is 23.2 Å². The van der Waals surface area contributed by atoms with Gasteiger partial charge in [0.2, 0.25) is 5.91 Å². The lowest BCUT2D eigenvalue weighted by Gasteiger charge is -2.17. The van der Waals surface area contributed by atoms with E-state index in [1.165, 1.54) is 0 Å². The molecule has 3 rings (SSSR count). The number of likely N-dealkylation sites (tertiary alicyclic amines) is 1. The molecule has 3 amide bonds. The lowest BCUT2D eigenvalue weighted by atomic mass is 10.1. The molecule has 1 saturated carbocycles. The molecule has 2 atom stereocenters. The number of urea groups is 1. The number of aryl methyl sites for hydroxylation is 2. The Morgan fingerprint density at radius 2 is 2.17 bits per heavy atom. The van der Waals surface area contributed by atoms with Gasteiger partial charge in [-0.15, -0.1) is 0 Å². The quantitative estimate of drug-likeness (QED) is 0.874. The second-order valence-electron chi connectivity index (χ2n) is 6.79. The molecule has 0 aromatic carbocycles. The normalized spacial score (nSPS) is 22.3. The maximum absolute atomic E-state index is 12.1. The molecule has 1 aliphatic carbocycles. The van der Waals surface area contributed by atoms with Gasteiger partial charge in [-0.05, 0) is 39.7 Å². The van der Waals surface area contributed by atoms with Gasteiger partial charge < -0.3 is 20.0 Å². The average molecular weight is 319 g/mol. The minimum absolute atomic E-state index is 0.111. The molecule has 2 fully saturated rings. The molecule has 2 heterocycles. The monoisotopic (exact) mass is 319 g/mol. The minimum atomic E-state index is -0.201. The topological polar surface area (TPSA) is 74.6 Å². The van der Waals surface area contributed by atoms with Crippen molar-refractivity contribution in [2.75, 3.05) is 13.1 Å². The Morgan fingerprint density at radius 3 is 2.78 bits per heavy atom. The van der Waals surface area contributed by atoms with Crippen LogP contribution >= 0.6 is 0 Å². The van der Waals surface area contributed by atoms with E-state index in [0.29, 0.717) is 19.0 Å². The molecular weight excluding hydrogens is 294 g/mol. The third kappa shape index (κ3) is 3.68. The van der Waals surface area contributed by atoms with Gasteiger partial charge in [-0.1, -0.05) is 0 Å². The Labute approximate surface area is 136 Å². The van der Waals surface area contributed by atoms with Crippen molar-refractivity contribution in [3.63, 3.8) is 0 Å². The first-order chi connectivity index (χ1) is 10.9. The van der Waals surface area contributed by atoms with Crippen LogP contribution in [0.5, 0.6) is 0 Å². The van der Waals surface area contributed by atoms with Crippen LogP contribution in [0.4, 0.5) is 4.79 Å². The summed E-state index contributed by atoms with van der Waals surface area (Å²) >= 11 is 0. The van der Waals surface area contributed by atoms with E-state index in [1.807, 2.05) is 31.7 Å². The predicted octanol–water partition coefficient (Wildman–Crippen LogP) is 2.27. The lowest BCUT2D eigenvalue weighted by molar-refractivity contribution is -0.128. The van der Waals surface area contributed by atoms with Gasteiger partial charge in [0.1, 0.15) is 11.5 Å². The number of amides is 3. The predicted molar refractivity (Wildman–Crippen MR) is 86.0 cm³/mol. The Morgan fingerprint density at radius 1 is 1.43 bits per heavy atom. The fourth-order valence-corrected chi connectivity index (χ4v) is 3.33. The van der Waals surface area contributed by atoms with Crippen LogP contribution in [0.15, 0.2) is 10.5 Å². The Kier molecular flexibility index (Phi) is 4.33. The number of carbonyl (C=O) groups is 2. The molecule has 2 unspecified atom stereocenters. The summed E-state index contributed by atoms with van der Waals surface area (Å²) in [7, 11) is 0. The molecule has 2 aliphatic rings. The number of furan rings is 1. The number of rotatable bonds is 5. The second-order valence-corrected chi connectivity index (χ2v) is 6.79. The zero-order chi connectivity index (χ0) is 16.6. The summed E-state index contributed by atoms with van der Waals surface area (Å²) in [6.07, 6.45) is 2.81. The van der Waals surface area contributed by atoms with Crippen LogP contribution in [0.2, 0.25) is 0 Å². The van der Waals surface area contributed by atoms with Gasteiger partial charge in [-0.2, -0.15) is 0 Å². The highest BCUT2D eigenvalue weighted by Crippen LogP contribution is 2.32. The number of nitrogens with one attached hydrogen (secondary N) is 2. The lowest BCUT2D eigenvalue weighted by Crippen LogP contribution is -2.40. The summed E-state index contributed by atoms with van der Waals surface area (Å²) < 4.78 is 5.50. The number of nitrogens with zero attached hydrogens (tertiary/aromatic N) is 1. The van der Waals surface area contributed by atoms with Crippen molar-refractivity contribution < 1.29 is 14.0 Å². The van der Waals surface area contributed by atoms with E-state index in [4.69, 9.17) is 4.42 Å². The molecule has 1 aromatic heterocycles. The highest BCUT2D eigenvalue weighted by atomic mass is 16.3. The standard InChI is InChI=1S/C17H25N3O3/c1-10-6-15(12(3)23-10)11(2)19-17(22)18-8-13-7-16(21)20(9-13)14-4-5-14/h6,11,13-14H,4-5,7-9H2,1-3H3,(H2,18,19,22). The fraction of sp³-hybridized carbons (Fsp3) is 0.647. The van der Waals surface area contributed by atoms with Crippen LogP contribution < -0.4 is 10.6 Å². The van der Waals surface area contributed by atoms with Crippen molar-refractivity contribution in [2.45, 2.75) is 52.1 Å². The largest absolute Gasteiger partial charge is 0.466 e. The van der Waals surface area contributed by atoms with Crippen LogP contribution in [-0.2, 0) is 4.79 Å². The molecule has 6 heteroatoms.